The third kappa shape index (κ3) is 5.05. The number of rotatable bonds is 5. The molecule has 0 aliphatic carbocycles. The lowest BCUT2D eigenvalue weighted by Crippen LogP contribution is -2.02. The van der Waals surface area contributed by atoms with E-state index in [0.29, 0.717) is 12.4 Å². The average molecular weight is 256 g/mol. The van der Waals surface area contributed by atoms with E-state index in [-0.39, 0.29) is 11.3 Å². The zero-order valence-corrected chi connectivity index (χ0v) is 11.0. The number of aliphatic hydroxyl groups excluding tert-OH is 1. The van der Waals surface area contributed by atoms with Crippen molar-refractivity contribution in [1.29, 1.82) is 0 Å². The molecule has 2 N–H and O–H groups in total. The van der Waals surface area contributed by atoms with Gasteiger partial charge in [0, 0.05) is 13.2 Å². The summed E-state index contributed by atoms with van der Waals surface area (Å²) in [6.45, 7) is 2.68. The Morgan fingerprint density at radius 1 is 1.33 bits per heavy atom. The van der Waals surface area contributed by atoms with Crippen LogP contribution in [0.25, 0.3) is 0 Å². The standard InChI is InChI=1S/C12H16O4.CH4O/c1-3-4-7-16-9-5-6-10(11(13)8-9)12(14)15-2;1-2/h5-6,8,13H,3-4,7H2,1-2H3;2H,1H3. The first kappa shape index (κ1) is 16.2. The lowest BCUT2D eigenvalue weighted by Gasteiger charge is -2.07. The van der Waals surface area contributed by atoms with Gasteiger partial charge < -0.3 is 19.7 Å². The van der Waals surface area contributed by atoms with Crippen molar-refractivity contribution in [2.75, 3.05) is 20.8 Å². The van der Waals surface area contributed by atoms with E-state index in [1.54, 1.807) is 6.07 Å². The Kier molecular flexibility index (Phi) is 8.39. The minimum Gasteiger partial charge on any atom is -0.507 e. The van der Waals surface area contributed by atoms with Crippen LogP contribution >= 0.6 is 0 Å². The molecular weight excluding hydrogens is 236 g/mol. The topological polar surface area (TPSA) is 76.0 Å². The molecule has 0 unspecified atom stereocenters. The van der Waals surface area contributed by atoms with Gasteiger partial charge in [-0.15, -0.1) is 0 Å². The first-order valence-corrected chi connectivity index (χ1v) is 5.68. The largest absolute Gasteiger partial charge is 0.507 e. The normalized spacial score (nSPS) is 9.11. The average Bonchev–Trinajstić information content (AvgIpc) is 2.41. The van der Waals surface area contributed by atoms with Crippen molar-refractivity contribution in [3.05, 3.63) is 23.8 Å². The number of carbonyl (C=O) groups excluding carboxylic acids is 1. The van der Waals surface area contributed by atoms with Crippen molar-refractivity contribution >= 4 is 5.97 Å². The second-order valence-electron chi connectivity index (χ2n) is 3.37. The summed E-state index contributed by atoms with van der Waals surface area (Å²) in [6, 6.07) is 4.55. The maximum absolute atomic E-state index is 11.2. The number of phenols is 1. The highest BCUT2D eigenvalue weighted by Crippen LogP contribution is 2.24. The van der Waals surface area contributed by atoms with Crippen LogP contribution in [0.1, 0.15) is 30.1 Å². The maximum Gasteiger partial charge on any atom is 0.341 e. The Labute approximate surface area is 107 Å². The molecule has 0 aliphatic rings. The highest BCUT2D eigenvalue weighted by Gasteiger charge is 2.11. The molecule has 0 amide bonds. The summed E-state index contributed by atoms with van der Waals surface area (Å²) in [7, 11) is 2.27. The molecular formula is C13H20O5. The number of benzene rings is 1. The van der Waals surface area contributed by atoms with Crippen molar-refractivity contribution in [2.24, 2.45) is 0 Å². The number of phenolic OH excluding ortho intramolecular Hbond substituents is 1. The minimum atomic E-state index is -0.558. The predicted molar refractivity (Wildman–Crippen MR) is 68.0 cm³/mol. The Morgan fingerprint density at radius 3 is 2.50 bits per heavy atom. The van der Waals surface area contributed by atoms with Gasteiger partial charge in [0.2, 0.25) is 0 Å². The van der Waals surface area contributed by atoms with E-state index in [1.807, 2.05) is 0 Å². The van der Waals surface area contributed by atoms with E-state index in [2.05, 4.69) is 11.7 Å². The van der Waals surface area contributed by atoms with Gasteiger partial charge in [-0.05, 0) is 18.6 Å². The molecule has 0 saturated carbocycles. The van der Waals surface area contributed by atoms with E-state index in [9.17, 15) is 9.90 Å². The van der Waals surface area contributed by atoms with Gasteiger partial charge in [-0.25, -0.2) is 4.79 Å². The monoisotopic (exact) mass is 256 g/mol. The van der Waals surface area contributed by atoms with Gasteiger partial charge in [0.05, 0.1) is 13.7 Å². The van der Waals surface area contributed by atoms with E-state index >= 15 is 0 Å². The van der Waals surface area contributed by atoms with Gasteiger partial charge in [0.15, 0.2) is 0 Å². The molecule has 18 heavy (non-hydrogen) atoms. The molecule has 0 bridgehead atoms. The number of hydrogen-bond donors (Lipinski definition) is 2. The van der Waals surface area contributed by atoms with Crippen molar-refractivity contribution in [2.45, 2.75) is 19.8 Å². The van der Waals surface area contributed by atoms with Gasteiger partial charge in [-0.3, -0.25) is 0 Å². The second-order valence-corrected chi connectivity index (χ2v) is 3.37. The predicted octanol–water partition coefficient (Wildman–Crippen LogP) is 1.97. The molecule has 102 valence electrons. The number of carbonyl (C=O) groups is 1. The van der Waals surface area contributed by atoms with Crippen molar-refractivity contribution in [3.63, 3.8) is 0 Å². The molecule has 0 radical (unpaired) electrons. The van der Waals surface area contributed by atoms with Crippen LogP contribution in [0, 0.1) is 0 Å². The van der Waals surface area contributed by atoms with E-state index in [0.717, 1.165) is 20.0 Å². The third-order valence-electron chi connectivity index (χ3n) is 2.14. The van der Waals surface area contributed by atoms with Crippen LogP contribution < -0.4 is 4.74 Å². The molecule has 1 aromatic carbocycles. The first-order valence-electron chi connectivity index (χ1n) is 5.68. The smallest absolute Gasteiger partial charge is 0.341 e. The molecule has 1 rings (SSSR count). The minimum absolute atomic E-state index is 0.124. The number of aliphatic hydroxyl groups is 1. The molecule has 5 nitrogen and oxygen atoms in total. The van der Waals surface area contributed by atoms with Gasteiger partial charge in [-0.2, -0.15) is 0 Å². The van der Waals surface area contributed by atoms with E-state index in [1.165, 1.54) is 19.2 Å². The lowest BCUT2D eigenvalue weighted by molar-refractivity contribution is 0.0597. The lowest BCUT2D eigenvalue weighted by atomic mass is 10.2. The summed E-state index contributed by atoms with van der Waals surface area (Å²) >= 11 is 0. The summed E-state index contributed by atoms with van der Waals surface area (Å²) in [5, 5.41) is 16.6. The molecule has 0 heterocycles. The number of esters is 1. The molecule has 0 spiro atoms. The SMILES string of the molecule is CCCCOc1ccc(C(=O)OC)c(O)c1.CO. The molecule has 0 saturated heterocycles. The quantitative estimate of drug-likeness (QED) is 0.622. The zero-order chi connectivity index (χ0) is 14.0. The van der Waals surface area contributed by atoms with Crippen LogP contribution in [0.5, 0.6) is 11.5 Å². The van der Waals surface area contributed by atoms with Crippen molar-refractivity contribution in [1.82, 2.24) is 0 Å². The number of aromatic hydroxyl groups is 1. The van der Waals surface area contributed by atoms with E-state index in [4.69, 9.17) is 9.84 Å². The molecule has 0 atom stereocenters. The third-order valence-corrected chi connectivity index (χ3v) is 2.14. The molecule has 5 heteroatoms. The summed E-state index contributed by atoms with van der Waals surface area (Å²) in [4.78, 5) is 11.2. The summed E-state index contributed by atoms with van der Waals surface area (Å²) in [6.07, 6.45) is 2.01. The number of hydrogen-bond acceptors (Lipinski definition) is 5. The molecule has 0 aromatic heterocycles. The van der Waals surface area contributed by atoms with Crippen LogP contribution in [0.15, 0.2) is 18.2 Å². The van der Waals surface area contributed by atoms with Crippen LogP contribution in [0.2, 0.25) is 0 Å². The van der Waals surface area contributed by atoms with Crippen LogP contribution in [-0.4, -0.2) is 37.0 Å². The first-order chi connectivity index (χ1) is 8.69. The van der Waals surface area contributed by atoms with E-state index < -0.39 is 5.97 Å². The van der Waals surface area contributed by atoms with Gasteiger partial charge in [0.1, 0.15) is 17.1 Å². The Hall–Kier alpha value is -1.75. The fraction of sp³-hybridized carbons (Fsp3) is 0.462. The van der Waals surface area contributed by atoms with Gasteiger partial charge >= 0.3 is 5.97 Å². The van der Waals surface area contributed by atoms with Crippen molar-refractivity contribution < 1.29 is 24.5 Å². The molecule has 1 aromatic rings. The Bertz CT molecular complexity index is 362. The number of unbranched alkanes of at least 4 members (excludes halogenated alkanes) is 1. The fourth-order valence-electron chi connectivity index (χ4n) is 1.22. The maximum atomic E-state index is 11.2. The van der Waals surface area contributed by atoms with Crippen molar-refractivity contribution in [3.8, 4) is 11.5 Å². The summed E-state index contributed by atoms with van der Waals surface area (Å²) in [5.41, 5.74) is 0.144. The number of methoxy groups -OCH3 is 1. The van der Waals surface area contributed by atoms with Crippen LogP contribution in [0.4, 0.5) is 0 Å². The number of ether oxygens (including phenoxy) is 2. The Balaban J connectivity index is 0.00000137. The van der Waals surface area contributed by atoms with Gasteiger partial charge in [0.25, 0.3) is 0 Å². The molecule has 0 fully saturated rings. The zero-order valence-electron chi connectivity index (χ0n) is 11.0. The summed E-state index contributed by atoms with van der Waals surface area (Å²) in [5.74, 6) is -0.128. The van der Waals surface area contributed by atoms with Gasteiger partial charge in [-0.1, -0.05) is 13.3 Å². The Morgan fingerprint density at radius 2 is 2.00 bits per heavy atom. The second kappa shape index (κ2) is 9.30. The highest BCUT2D eigenvalue weighted by atomic mass is 16.5. The van der Waals surface area contributed by atoms with Crippen LogP contribution in [0.3, 0.4) is 0 Å². The fourth-order valence-corrected chi connectivity index (χ4v) is 1.22. The highest BCUT2D eigenvalue weighted by molar-refractivity contribution is 5.92. The molecule has 0 aliphatic heterocycles. The summed E-state index contributed by atoms with van der Waals surface area (Å²) < 4.78 is 9.90. The van der Waals surface area contributed by atoms with Crippen LogP contribution in [-0.2, 0) is 4.74 Å².